The fraction of sp³-hybridized carbons (Fsp3) is 0.600. The number of carbonyl (C=O) groups is 2. The number of halogens is 1. The number of likely N-dealkylation sites (tertiary alicyclic amines) is 1. The summed E-state index contributed by atoms with van der Waals surface area (Å²) in [5.41, 5.74) is 1.44. The molecule has 1 heterocycles. The largest absolute Gasteiger partial charge is 0.497 e. The van der Waals surface area contributed by atoms with Gasteiger partial charge in [-0.25, -0.2) is 0 Å². The van der Waals surface area contributed by atoms with E-state index < -0.39 is 11.5 Å². The minimum absolute atomic E-state index is 0.0810. The van der Waals surface area contributed by atoms with Gasteiger partial charge < -0.3 is 23.8 Å². The second kappa shape index (κ2) is 9.18. The van der Waals surface area contributed by atoms with Crippen molar-refractivity contribution in [3.8, 4) is 11.5 Å². The van der Waals surface area contributed by atoms with Gasteiger partial charge in [0.05, 0.1) is 14.2 Å². The van der Waals surface area contributed by atoms with Crippen LogP contribution >= 0.6 is 11.6 Å². The number of rotatable bonds is 6. The standard InChI is InChI=1S/C25H32ClNO6/c1-6-21(28)32-20-13-25-8-9-27(3)17(15(25)11-18(20)30-4)10-14-16(26)12-19(31-5)24(23(14)25)33-22(29)7-2/h11-12,15,17,20H,6-10,13H2,1-5H3/t15-,17-,20?,25+/m0/s1. The summed E-state index contributed by atoms with van der Waals surface area (Å²) in [4.78, 5) is 27.0. The predicted molar refractivity (Wildman–Crippen MR) is 124 cm³/mol. The third-order valence-electron chi connectivity index (χ3n) is 7.47. The fourth-order valence-electron chi connectivity index (χ4n) is 5.81. The molecular weight excluding hydrogens is 446 g/mol. The van der Waals surface area contributed by atoms with Crippen LogP contribution in [0.4, 0.5) is 0 Å². The molecule has 0 radical (unpaired) electrons. The highest BCUT2D eigenvalue weighted by Gasteiger charge is 2.58. The molecule has 0 saturated carbocycles. The summed E-state index contributed by atoms with van der Waals surface area (Å²) >= 11 is 6.79. The van der Waals surface area contributed by atoms with E-state index in [1.54, 1.807) is 34.1 Å². The zero-order valence-corrected chi connectivity index (χ0v) is 20.7. The Bertz CT molecular complexity index is 992. The van der Waals surface area contributed by atoms with Gasteiger partial charge in [0.15, 0.2) is 17.6 Å². The van der Waals surface area contributed by atoms with Gasteiger partial charge in [-0.05, 0) is 38.1 Å². The van der Waals surface area contributed by atoms with E-state index in [0.717, 1.165) is 24.1 Å². The molecule has 33 heavy (non-hydrogen) atoms. The predicted octanol–water partition coefficient (Wildman–Crippen LogP) is 4.03. The molecule has 1 aromatic carbocycles. The number of carbonyl (C=O) groups excluding carboxylic acids is 2. The number of esters is 2. The van der Waals surface area contributed by atoms with Crippen LogP contribution in [0.3, 0.4) is 0 Å². The van der Waals surface area contributed by atoms with Crippen LogP contribution in [0.2, 0.25) is 5.02 Å². The lowest BCUT2D eigenvalue weighted by Crippen LogP contribution is -2.61. The first kappa shape index (κ1) is 23.9. The molecular formula is C25H32ClNO6. The molecule has 180 valence electrons. The molecule has 0 aromatic heterocycles. The maximum Gasteiger partial charge on any atom is 0.311 e. The Morgan fingerprint density at radius 2 is 1.91 bits per heavy atom. The van der Waals surface area contributed by atoms with Gasteiger partial charge >= 0.3 is 11.9 Å². The first-order chi connectivity index (χ1) is 15.8. The molecule has 1 aromatic rings. The van der Waals surface area contributed by atoms with Crippen molar-refractivity contribution in [1.29, 1.82) is 0 Å². The Hall–Kier alpha value is -2.25. The van der Waals surface area contributed by atoms with E-state index in [9.17, 15) is 9.59 Å². The number of methoxy groups -OCH3 is 2. The maximum atomic E-state index is 12.4. The van der Waals surface area contributed by atoms with E-state index in [4.69, 9.17) is 30.5 Å². The summed E-state index contributed by atoms with van der Waals surface area (Å²) in [5.74, 6) is 1.01. The molecule has 1 fully saturated rings. The van der Waals surface area contributed by atoms with Crippen molar-refractivity contribution in [3.05, 3.63) is 34.1 Å². The summed E-state index contributed by atoms with van der Waals surface area (Å²) < 4.78 is 23.0. The molecule has 4 atom stereocenters. The summed E-state index contributed by atoms with van der Waals surface area (Å²) in [5, 5.41) is 0.597. The number of hydrogen-bond acceptors (Lipinski definition) is 7. The van der Waals surface area contributed by atoms with Gasteiger partial charge in [-0.3, -0.25) is 9.59 Å². The second-order valence-electron chi connectivity index (χ2n) is 9.06. The first-order valence-corrected chi connectivity index (χ1v) is 11.9. The van der Waals surface area contributed by atoms with Gasteiger partial charge in [0, 0.05) is 53.3 Å². The Labute approximate surface area is 199 Å². The van der Waals surface area contributed by atoms with Gasteiger partial charge in [0.25, 0.3) is 0 Å². The molecule has 3 aliphatic rings. The lowest BCUT2D eigenvalue weighted by Gasteiger charge is -2.58. The van der Waals surface area contributed by atoms with Gasteiger partial charge in [0.1, 0.15) is 5.76 Å². The molecule has 0 amide bonds. The smallest absolute Gasteiger partial charge is 0.311 e. The Morgan fingerprint density at radius 1 is 1.18 bits per heavy atom. The van der Waals surface area contributed by atoms with E-state index in [1.165, 1.54) is 0 Å². The van der Waals surface area contributed by atoms with Crippen LogP contribution in [0.1, 0.15) is 50.7 Å². The Kier molecular flexibility index (Phi) is 6.65. The van der Waals surface area contributed by atoms with Gasteiger partial charge in [-0.15, -0.1) is 0 Å². The van der Waals surface area contributed by atoms with Crippen LogP contribution < -0.4 is 9.47 Å². The molecule has 2 bridgehead atoms. The first-order valence-electron chi connectivity index (χ1n) is 11.6. The third kappa shape index (κ3) is 3.89. The number of nitrogens with zero attached hydrogens (tertiary/aromatic N) is 1. The molecule has 0 N–H and O–H groups in total. The minimum atomic E-state index is -0.520. The zero-order valence-electron chi connectivity index (χ0n) is 19.9. The van der Waals surface area contributed by atoms with E-state index in [2.05, 4.69) is 18.0 Å². The molecule has 1 saturated heterocycles. The van der Waals surface area contributed by atoms with Crippen LogP contribution in [-0.4, -0.2) is 56.8 Å². The average Bonchev–Trinajstić information content (AvgIpc) is 2.81. The Morgan fingerprint density at radius 3 is 2.55 bits per heavy atom. The summed E-state index contributed by atoms with van der Waals surface area (Å²) in [7, 11) is 5.28. The summed E-state index contributed by atoms with van der Waals surface area (Å²) in [6, 6.07) is 1.93. The van der Waals surface area contributed by atoms with Crippen molar-refractivity contribution in [3.63, 3.8) is 0 Å². The van der Waals surface area contributed by atoms with Crippen molar-refractivity contribution in [2.24, 2.45) is 5.92 Å². The number of benzene rings is 1. The van der Waals surface area contributed by atoms with Crippen LogP contribution in [0.15, 0.2) is 17.9 Å². The van der Waals surface area contributed by atoms with Crippen LogP contribution in [0.5, 0.6) is 11.5 Å². The number of hydrogen-bond donors (Lipinski definition) is 0. The third-order valence-corrected chi connectivity index (χ3v) is 7.81. The minimum Gasteiger partial charge on any atom is -0.497 e. The van der Waals surface area contributed by atoms with Crippen molar-refractivity contribution in [1.82, 2.24) is 4.90 Å². The van der Waals surface area contributed by atoms with Crippen LogP contribution in [-0.2, 0) is 30.9 Å². The highest BCUT2D eigenvalue weighted by atomic mass is 35.5. The molecule has 4 rings (SSSR count). The van der Waals surface area contributed by atoms with E-state index in [1.807, 2.05) is 0 Å². The SMILES string of the molecule is CCC(=O)Oc1c(OC)cc(Cl)c2c1[C@@]13CCN(C)[C@@H](C2)[C@@H]1C=C(OC)C(OC(=O)CC)C3. The number of piperidine rings is 1. The lowest BCUT2D eigenvalue weighted by molar-refractivity contribution is -0.151. The monoisotopic (exact) mass is 477 g/mol. The highest BCUT2D eigenvalue weighted by molar-refractivity contribution is 6.31. The van der Waals surface area contributed by atoms with Crippen molar-refractivity contribution < 1.29 is 28.5 Å². The summed E-state index contributed by atoms with van der Waals surface area (Å²) in [6.45, 7) is 4.40. The molecule has 1 unspecified atom stereocenters. The molecule has 0 spiro atoms. The fourth-order valence-corrected chi connectivity index (χ4v) is 6.09. The maximum absolute atomic E-state index is 12.4. The van der Waals surface area contributed by atoms with Gasteiger partial charge in [-0.1, -0.05) is 25.4 Å². The molecule has 8 heteroatoms. The van der Waals surface area contributed by atoms with Crippen molar-refractivity contribution >= 4 is 23.5 Å². The summed E-state index contributed by atoms with van der Waals surface area (Å²) in [6.07, 6.45) is 4.15. The van der Waals surface area contributed by atoms with Gasteiger partial charge in [-0.2, -0.15) is 0 Å². The van der Waals surface area contributed by atoms with E-state index in [0.29, 0.717) is 35.1 Å². The molecule has 2 aliphatic carbocycles. The van der Waals surface area contributed by atoms with Crippen molar-refractivity contribution in [2.45, 2.75) is 63.5 Å². The topological polar surface area (TPSA) is 74.3 Å². The van der Waals surface area contributed by atoms with E-state index >= 15 is 0 Å². The molecule has 1 aliphatic heterocycles. The lowest BCUT2D eigenvalue weighted by atomic mass is 9.53. The van der Waals surface area contributed by atoms with Crippen molar-refractivity contribution in [2.75, 3.05) is 27.8 Å². The zero-order chi connectivity index (χ0) is 23.9. The Balaban J connectivity index is 1.96. The number of likely N-dealkylation sites (N-methyl/N-ethyl adjacent to an activating group) is 1. The number of fused-ring (bicyclic) bond motifs is 1. The van der Waals surface area contributed by atoms with Gasteiger partial charge in [0.2, 0.25) is 0 Å². The highest BCUT2D eigenvalue weighted by Crippen LogP contribution is 2.60. The quantitative estimate of drug-likeness (QED) is 0.452. The van der Waals surface area contributed by atoms with E-state index in [-0.39, 0.29) is 36.7 Å². The van der Waals surface area contributed by atoms with Crippen LogP contribution in [0, 0.1) is 5.92 Å². The van der Waals surface area contributed by atoms with Crippen LogP contribution in [0.25, 0.3) is 0 Å². The normalized spacial score (nSPS) is 28.2. The average molecular weight is 478 g/mol. The molecule has 7 nitrogen and oxygen atoms in total. The number of ether oxygens (including phenoxy) is 4. The second-order valence-corrected chi connectivity index (χ2v) is 9.47.